The van der Waals surface area contributed by atoms with Crippen molar-refractivity contribution in [1.29, 1.82) is 0 Å². The minimum absolute atomic E-state index is 0.00518. The molecular formula is C35H30F3NO. The Kier molecular flexibility index (Phi) is 7.05. The van der Waals surface area contributed by atoms with Gasteiger partial charge in [0.25, 0.3) is 0 Å². The fourth-order valence-electron chi connectivity index (χ4n) is 6.29. The van der Waals surface area contributed by atoms with Crippen molar-refractivity contribution in [3.63, 3.8) is 0 Å². The molecule has 0 saturated carbocycles. The molecule has 1 unspecified atom stereocenters. The first kappa shape index (κ1) is 26.1. The number of aryl methyl sites for hydroxylation is 1. The van der Waals surface area contributed by atoms with Gasteiger partial charge in [-0.15, -0.1) is 0 Å². The standard InChI is InChI=1S/C35H30F3NO/c36-35(37,38)34(40)39(22-25-11-5-2-6-12-25)23-26-20-28(19-24-9-3-1-4-10-24)30-17-18-31-29-14-8-7-13-27(29)15-16-32(31)33(30)21-26/h1-14,17-18,20,26H,15-16,19,21-23H2. The first-order valence-electron chi connectivity index (χ1n) is 13.7. The lowest BCUT2D eigenvalue weighted by Crippen LogP contribution is -2.43. The number of benzene rings is 4. The summed E-state index contributed by atoms with van der Waals surface area (Å²) in [5.74, 6) is -2.02. The van der Waals surface area contributed by atoms with Crippen molar-refractivity contribution in [2.24, 2.45) is 5.92 Å². The van der Waals surface area contributed by atoms with E-state index >= 15 is 0 Å². The number of amides is 1. The molecule has 2 aliphatic rings. The number of hydrogen-bond donors (Lipinski definition) is 0. The van der Waals surface area contributed by atoms with Gasteiger partial charge in [0.2, 0.25) is 0 Å². The summed E-state index contributed by atoms with van der Waals surface area (Å²) in [5, 5.41) is 0. The van der Waals surface area contributed by atoms with E-state index in [1.165, 1.54) is 33.4 Å². The summed E-state index contributed by atoms with van der Waals surface area (Å²) in [6.07, 6.45) is 0.312. The molecule has 0 spiro atoms. The van der Waals surface area contributed by atoms with Gasteiger partial charge in [0, 0.05) is 13.1 Å². The summed E-state index contributed by atoms with van der Waals surface area (Å²) in [6.45, 7) is -0.0735. The minimum Gasteiger partial charge on any atom is -0.330 e. The molecule has 0 heterocycles. The molecule has 0 N–H and O–H groups in total. The normalized spacial score (nSPS) is 15.9. The monoisotopic (exact) mass is 537 g/mol. The van der Waals surface area contributed by atoms with Crippen LogP contribution in [0.5, 0.6) is 0 Å². The summed E-state index contributed by atoms with van der Waals surface area (Å²) < 4.78 is 41.2. The Hall–Kier alpha value is -4.12. The van der Waals surface area contributed by atoms with Crippen LogP contribution in [0.1, 0.15) is 33.4 Å². The van der Waals surface area contributed by atoms with Crippen LogP contribution in [0.2, 0.25) is 0 Å². The molecule has 4 aromatic carbocycles. The van der Waals surface area contributed by atoms with Crippen molar-refractivity contribution in [2.45, 2.75) is 38.4 Å². The van der Waals surface area contributed by atoms with E-state index in [0.29, 0.717) is 18.4 Å². The van der Waals surface area contributed by atoms with E-state index in [-0.39, 0.29) is 19.0 Å². The third-order valence-corrected chi connectivity index (χ3v) is 8.07. The van der Waals surface area contributed by atoms with Crippen molar-refractivity contribution in [3.8, 4) is 11.1 Å². The zero-order valence-electron chi connectivity index (χ0n) is 22.1. The van der Waals surface area contributed by atoms with Gasteiger partial charge in [-0.2, -0.15) is 13.2 Å². The Morgan fingerprint density at radius 3 is 2.10 bits per heavy atom. The number of carbonyl (C=O) groups is 1. The molecule has 2 nitrogen and oxygen atoms in total. The second-order valence-corrected chi connectivity index (χ2v) is 10.8. The molecule has 0 aliphatic heterocycles. The highest BCUT2D eigenvalue weighted by atomic mass is 19.4. The molecule has 0 aromatic heterocycles. The lowest BCUT2D eigenvalue weighted by atomic mass is 9.75. The summed E-state index contributed by atoms with van der Waals surface area (Å²) in [7, 11) is 0. The highest BCUT2D eigenvalue weighted by molar-refractivity contribution is 5.83. The third-order valence-electron chi connectivity index (χ3n) is 8.07. The number of halogens is 3. The van der Waals surface area contributed by atoms with E-state index in [4.69, 9.17) is 0 Å². The van der Waals surface area contributed by atoms with Gasteiger partial charge in [0.05, 0.1) is 0 Å². The molecule has 202 valence electrons. The predicted octanol–water partition coefficient (Wildman–Crippen LogP) is 7.84. The van der Waals surface area contributed by atoms with Gasteiger partial charge in [-0.1, -0.05) is 103 Å². The highest BCUT2D eigenvalue weighted by Gasteiger charge is 2.43. The topological polar surface area (TPSA) is 20.3 Å². The summed E-state index contributed by atoms with van der Waals surface area (Å²) in [5.41, 5.74) is 10.4. The second kappa shape index (κ2) is 10.8. The van der Waals surface area contributed by atoms with Crippen LogP contribution in [0.15, 0.2) is 103 Å². The van der Waals surface area contributed by atoms with Crippen molar-refractivity contribution in [3.05, 3.63) is 137 Å². The molecule has 1 amide bonds. The number of fused-ring (bicyclic) bond motifs is 5. The molecule has 0 fully saturated rings. The van der Waals surface area contributed by atoms with Crippen LogP contribution in [0, 0.1) is 5.92 Å². The molecule has 0 saturated heterocycles. The maximum atomic E-state index is 13.7. The van der Waals surface area contributed by atoms with Crippen LogP contribution < -0.4 is 0 Å². The Morgan fingerprint density at radius 2 is 1.38 bits per heavy atom. The fourth-order valence-corrected chi connectivity index (χ4v) is 6.29. The predicted molar refractivity (Wildman–Crippen MR) is 153 cm³/mol. The lowest BCUT2D eigenvalue weighted by molar-refractivity contribution is -0.186. The van der Waals surface area contributed by atoms with Gasteiger partial charge in [0.15, 0.2) is 0 Å². The zero-order valence-corrected chi connectivity index (χ0v) is 22.1. The van der Waals surface area contributed by atoms with E-state index in [9.17, 15) is 18.0 Å². The van der Waals surface area contributed by atoms with Crippen LogP contribution in [0.3, 0.4) is 0 Å². The molecule has 4 aromatic rings. The Labute approximate surface area is 232 Å². The number of hydrogen-bond acceptors (Lipinski definition) is 1. The van der Waals surface area contributed by atoms with Crippen LogP contribution >= 0.6 is 0 Å². The van der Waals surface area contributed by atoms with Gasteiger partial charge in [-0.25, -0.2) is 0 Å². The Balaban J connectivity index is 1.40. The average molecular weight is 538 g/mol. The number of allylic oxidation sites excluding steroid dienone is 1. The van der Waals surface area contributed by atoms with Crippen LogP contribution in [0.25, 0.3) is 16.7 Å². The molecule has 2 aliphatic carbocycles. The highest BCUT2D eigenvalue weighted by Crippen LogP contribution is 2.42. The largest absolute Gasteiger partial charge is 0.471 e. The molecule has 0 radical (unpaired) electrons. The third kappa shape index (κ3) is 5.33. The number of carbonyl (C=O) groups excluding carboxylic acids is 1. The van der Waals surface area contributed by atoms with E-state index < -0.39 is 12.1 Å². The van der Waals surface area contributed by atoms with Crippen LogP contribution in [-0.2, 0) is 37.0 Å². The first-order chi connectivity index (χ1) is 19.4. The van der Waals surface area contributed by atoms with Gasteiger partial charge in [0.1, 0.15) is 0 Å². The molecular weight excluding hydrogens is 507 g/mol. The summed E-state index contributed by atoms with van der Waals surface area (Å²) >= 11 is 0. The van der Waals surface area contributed by atoms with Gasteiger partial charge in [-0.05, 0) is 81.7 Å². The maximum Gasteiger partial charge on any atom is 0.471 e. The smallest absolute Gasteiger partial charge is 0.330 e. The number of rotatable bonds is 6. The summed E-state index contributed by atoms with van der Waals surface area (Å²) in [4.78, 5) is 13.6. The number of nitrogens with zero attached hydrogens (tertiary/aromatic N) is 1. The lowest BCUT2D eigenvalue weighted by Gasteiger charge is -2.33. The van der Waals surface area contributed by atoms with Gasteiger partial charge in [-0.3, -0.25) is 4.79 Å². The van der Waals surface area contributed by atoms with Gasteiger partial charge < -0.3 is 4.90 Å². The van der Waals surface area contributed by atoms with Gasteiger partial charge >= 0.3 is 12.1 Å². The van der Waals surface area contributed by atoms with E-state index in [1.54, 1.807) is 24.3 Å². The maximum absolute atomic E-state index is 13.7. The zero-order chi connectivity index (χ0) is 27.7. The van der Waals surface area contributed by atoms with Crippen molar-refractivity contribution < 1.29 is 18.0 Å². The quantitative estimate of drug-likeness (QED) is 0.245. The fraction of sp³-hybridized carbons (Fsp3) is 0.229. The van der Waals surface area contributed by atoms with Crippen molar-refractivity contribution in [1.82, 2.24) is 4.90 Å². The average Bonchev–Trinajstić information content (AvgIpc) is 2.96. The molecule has 5 heteroatoms. The number of alkyl halides is 3. The molecule has 0 bridgehead atoms. The first-order valence-corrected chi connectivity index (χ1v) is 13.7. The van der Waals surface area contributed by atoms with Crippen molar-refractivity contribution >= 4 is 11.5 Å². The van der Waals surface area contributed by atoms with E-state index in [0.717, 1.165) is 28.9 Å². The molecule has 1 atom stereocenters. The minimum atomic E-state index is -4.93. The molecule has 6 rings (SSSR count). The SMILES string of the molecule is O=C(N(Cc1ccccc1)CC1C=C(Cc2ccccc2)c2ccc3c(c2C1)CCc1ccccc1-3)C(F)(F)F. The van der Waals surface area contributed by atoms with Crippen LogP contribution in [0.4, 0.5) is 13.2 Å². The van der Waals surface area contributed by atoms with Crippen LogP contribution in [-0.4, -0.2) is 23.5 Å². The Bertz CT molecular complexity index is 1560. The second-order valence-electron chi connectivity index (χ2n) is 10.8. The summed E-state index contributed by atoms with van der Waals surface area (Å²) in [6, 6.07) is 31.9. The Morgan fingerprint density at radius 1 is 0.725 bits per heavy atom. The van der Waals surface area contributed by atoms with E-state index in [2.05, 4.69) is 54.6 Å². The van der Waals surface area contributed by atoms with Crippen molar-refractivity contribution in [2.75, 3.05) is 6.54 Å². The molecule has 40 heavy (non-hydrogen) atoms. The van der Waals surface area contributed by atoms with E-state index in [1.807, 2.05) is 24.3 Å².